The van der Waals surface area contributed by atoms with Crippen LogP contribution in [0.4, 0.5) is 0 Å². The van der Waals surface area contributed by atoms with Crippen LogP contribution in [0.15, 0.2) is 24.3 Å². The van der Waals surface area contributed by atoms with Crippen LogP contribution < -0.4 is 10.1 Å². The van der Waals surface area contributed by atoms with Gasteiger partial charge in [-0.15, -0.1) is 0 Å². The lowest BCUT2D eigenvalue weighted by atomic mass is 9.90. The van der Waals surface area contributed by atoms with Gasteiger partial charge < -0.3 is 10.1 Å². The number of benzene rings is 1. The molecule has 1 heterocycles. The highest BCUT2D eigenvalue weighted by atomic mass is 32.2. The molecule has 3 heteroatoms. The zero-order valence-electron chi connectivity index (χ0n) is 13.1. The summed E-state index contributed by atoms with van der Waals surface area (Å²) in [4.78, 5) is 0. The minimum Gasteiger partial charge on any atom is -0.491 e. The van der Waals surface area contributed by atoms with E-state index >= 15 is 0 Å². The standard InChI is InChI=1S/C17H27NOS/c1-5-18-16(17(4)10-7-11-20-17)14-8-6-9-15(12-14)19-13(2)3/h6,8-9,12-13,16,18H,5,7,10-11H2,1-4H3. The topological polar surface area (TPSA) is 21.3 Å². The first-order valence-corrected chi connectivity index (χ1v) is 8.67. The molecule has 1 N–H and O–H groups in total. The van der Waals surface area contributed by atoms with Crippen molar-refractivity contribution in [2.75, 3.05) is 12.3 Å². The Bertz CT molecular complexity index is 427. The van der Waals surface area contributed by atoms with Gasteiger partial charge in [-0.3, -0.25) is 0 Å². The van der Waals surface area contributed by atoms with Crippen molar-refractivity contribution in [2.24, 2.45) is 0 Å². The van der Waals surface area contributed by atoms with Crippen LogP contribution >= 0.6 is 11.8 Å². The zero-order valence-corrected chi connectivity index (χ0v) is 13.9. The van der Waals surface area contributed by atoms with Crippen molar-refractivity contribution in [3.63, 3.8) is 0 Å². The van der Waals surface area contributed by atoms with Crippen LogP contribution in [0.5, 0.6) is 5.75 Å². The van der Waals surface area contributed by atoms with Gasteiger partial charge in [-0.2, -0.15) is 11.8 Å². The van der Waals surface area contributed by atoms with E-state index < -0.39 is 0 Å². The van der Waals surface area contributed by atoms with Crippen molar-refractivity contribution in [3.05, 3.63) is 29.8 Å². The summed E-state index contributed by atoms with van der Waals surface area (Å²) < 4.78 is 6.14. The summed E-state index contributed by atoms with van der Waals surface area (Å²) in [6, 6.07) is 9.00. The summed E-state index contributed by atoms with van der Waals surface area (Å²) in [6.45, 7) is 9.72. The molecule has 2 atom stereocenters. The molecule has 0 saturated carbocycles. The van der Waals surface area contributed by atoms with Crippen molar-refractivity contribution < 1.29 is 4.74 Å². The second-order valence-electron chi connectivity index (χ2n) is 5.99. The summed E-state index contributed by atoms with van der Waals surface area (Å²) in [5.41, 5.74) is 1.35. The van der Waals surface area contributed by atoms with Crippen molar-refractivity contribution >= 4 is 11.8 Å². The monoisotopic (exact) mass is 293 g/mol. The van der Waals surface area contributed by atoms with Crippen molar-refractivity contribution in [2.45, 2.75) is 57.4 Å². The summed E-state index contributed by atoms with van der Waals surface area (Å²) in [6.07, 6.45) is 2.83. The smallest absolute Gasteiger partial charge is 0.120 e. The van der Waals surface area contributed by atoms with Crippen LogP contribution in [-0.4, -0.2) is 23.1 Å². The van der Waals surface area contributed by atoms with Crippen LogP contribution in [-0.2, 0) is 0 Å². The molecule has 0 aliphatic carbocycles. The lowest BCUT2D eigenvalue weighted by Crippen LogP contribution is -2.37. The lowest BCUT2D eigenvalue weighted by molar-refractivity contribution is 0.242. The maximum atomic E-state index is 5.84. The van der Waals surface area contributed by atoms with Crippen LogP contribution in [0.25, 0.3) is 0 Å². The molecule has 0 spiro atoms. The Morgan fingerprint density at radius 1 is 1.40 bits per heavy atom. The average Bonchev–Trinajstić information content (AvgIpc) is 2.83. The molecule has 0 aromatic heterocycles. The summed E-state index contributed by atoms with van der Waals surface area (Å²) >= 11 is 2.10. The fraction of sp³-hybridized carbons (Fsp3) is 0.647. The Kier molecular flexibility index (Phi) is 5.39. The van der Waals surface area contributed by atoms with Crippen LogP contribution in [0.2, 0.25) is 0 Å². The van der Waals surface area contributed by atoms with Gasteiger partial charge in [-0.25, -0.2) is 0 Å². The van der Waals surface area contributed by atoms with E-state index in [4.69, 9.17) is 4.74 Å². The molecule has 1 fully saturated rings. The largest absolute Gasteiger partial charge is 0.491 e. The summed E-state index contributed by atoms with van der Waals surface area (Å²) in [5.74, 6) is 2.26. The Labute approximate surface area is 127 Å². The number of thioether (sulfide) groups is 1. The molecular weight excluding hydrogens is 266 g/mol. The third kappa shape index (κ3) is 3.70. The van der Waals surface area contributed by atoms with Crippen molar-refractivity contribution in [1.29, 1.82) is 0 Å². The molecule has 0 bridgehead atoms. The SMILES string of the molecule is CCNC(c1cccc(OC(C)C)c1)C1(C)CCCS1. The van der Waals surface area contributed by atoms with Crippen LogP contribution in [0.1, 0.15) is 52.1 Å². The molecule has 1 aliphatic rings. The number of ether oxygens (including phenoxy) is 1. The predicted octanol–water partition coefficient (Wildman–Crippen LogP) is 4.41. The van der Waals surface area contributed by atoms with Gasteiger partial charge >= 0.3 is 0 Å². The van der Waals surface area contributed by atoms with Crippen molar-refractivity contribution in [3.8, 4) is 5.75 Å². The second kappa shape index (κ2) is 6.86. The maximum Gasteiger partial charge on any atom is 0.120 e. The molecule has 2 rings (SSSR count). The van der Waals surface area contributed by atoms with Gasteiger partial charge in [0, 0.05) is 10.8 Å². The van der Waals surface area contributed by atoms with Crippen LogP contribution in [0.3, 0.4) is 0 Å². The van der Waals surface area contributed by atoms with E-state index in [1.807, 2.05) is 0 Å². The fourth-order valence-corrected chi connectivity index (χ4v) is 4.39. The first-order chi connectivity index (χ1) is 9.55. The maximum absolute atomic E-state index is 5.84. The Morgan fingerprint density at radius 3 is 2.80 bits per heavy atom. The van der Waals surface area contributed by atoms with Gasteiger partial charge in [0.1, 0.15) is 5.75 Å². The highest BCUT2D eigenvalue weighted by Gasteiger charge is 2.38. The van der Waals surface area contributed by atoms with Gasteiger partial charge in [0.15, 0.2) is 0 Å². The average molecular weight is 293 g/mol. The Balaban J connectivity index is 2.24. The molecule has 2 unspecified atom stereocenters. The molecule has 2 nitrogen and oxygen atoms in total. The third-order valence-corrected chi connectivity index (χ3v) is 5.42. The first kappa shape index (κ1) is 15.7. The lowest BCUT2D eigenvalue weighted by Gasteiger charge is -2.34. The normalized spacial score (nSPS) is 24.1. The number of hydrogen-bond donors (Lipinski definition) is 1. The minimum atomic E-state index is 0.222. The van der Waals surface area contributed by atoms with E-state index in [-0.39, 0.29) is 6.10 Å². The second-order valence-corrected chi connectivity index (χ2v) is 7.62. The molecule has 0 amide bonds. The molecule has 1 aromatic rings. The summed E-state index contributed by atoms with van der Waals surface area (Å²) in [5, 5.41) is 3.69. The van der Waals surface area contributed by atoms with E-state index in [1.165, 1.54) is 24.2 Å². The van der Waals surface area contributed by atoms with Gasteiger partial charge in [-0.05, 0) is 63.6 Å². The van der Waals surface area contributed by atoms with E-state index in [2.05, 4.69) is 69.0 Å². The Morgan fingerprint density at radius 2 is 2.20 bits per heavy atom. The molecule has 0 radical (unpaired) electrons. The number of nitrogens with one attached hydrogen (secondary N) is 1. The number of hydrogen-bond acceptors (Lipinski definition) is 3. The molecule has 1 saturated heterocycles. The molecule has 1 aliphatic heterocycles. The quantitative estimate of drug-likeness (QED) is 0.839. The number of rotatable bonds is 6. The highest BCUT2D eigenvalue weighted by Crippen LogP contribution is 2.46. The molecule has 112 valence electrons. The van der Waals surface area contributed by atoms with Gasteiger partial charge in [-0.1, -0.05) is 19.1 Å². The van der Waals surface area contributed by atoms with Gasteiger partial charge in [0.25, 0.3) is 0 Å². The highest BCUT2D eigenvalue weighted by molar-refractivity contribution is 8.00. The Hall–Kier alpha value is -0.670. The van der Waals surface area contributed by atoms with E-state index in [0.717, 1.165) is 12.3 Å². The van der Waals surface area contributed by atoms with E-state index in [9.17, 15) is 0 Å². The first-order valence-electron chi connectivity index (χ1n) is 7.69. The minimum absolute atomic E-state index is 0.222. The van der Waals surface area contributed by atoms with Crippen molar-refractivity contribution in [1.82, 2.24) is 5.32 Å². The summed E-state index contributed by atoms with van der Waals surface area (Å²) in [7, 11) is 0. The van der Waals surface area contributed by atoms with Gasteiger partial charge in [0.05, 0.1) is 6.10 Å². The van der Waals surface area contributed by atoms with E-state index in [1.54, 1.807) is 0 Å². The van der Waals surface area contributed by atoms with Crippen LogP contribution in [0, 0.1) is 0 Å². The zero-order chi connectivity index (χ0) is 14.6. The third-order valence-electron chi connectivity index (χ3n) is 3.83. The molecule has 1 aromatic carbocycles. The predicted molar refractivity (Wildman–Crippen MR) is 88.7 cm³/mol. The fourth-order valence-electron chi connectivity index (χ4n) is 2.96. The van der Waals surface area contributed by atoms with E-state index in [0.29, 0.717) is 10.8 Å². The van der Waals surface area contributed by atoms with Gasteiger partial charge in [0.2, 0.25) is 0 Å². The molecular formula is C17H27NOS. The molecule has 20 heavy (non-hydrogen) atoms.